The number of carbonyl (C=O) groups is 1. The number of aromatic nitrogens is 2. The third kappa shape index (κ3) is 4.02. The SMILES string of the molecule is COc1cc([C@H]2CC(=O)Nc3nc(C)[nH]c(=O)c32)ccc1OCc1ccc(Cl)cc1. The lowest BCUT2D eigenvalue weighted by molar-refractivity contribution is -0.116. The van der Waals surface area contributed by atoms with Crippen LogP contribution in [0.1, 0.15) is 34.9 Å². The quantitative estimate of drug-likeness (QED) is 0.648. The van der Waals surface area contributed by atoms with Crippen molar-refractivity contribution in [1.29, 1.82) is 0 Å². The summed E-state index contributed by atoms with van der Waals surface area (Å²) >= 11 is 5.92. The van der Waals surface area contributed by atoms with Crippen molar-refractivity contribution in [3.63, 3.8) is 0 Å². The number of hydrogen-bond donors (Lipinski definition) is 2. The Morgan fingerprint density at radius 1 is 1.13 bits per heavy atom. The summed E-state index contributed by atoms with van der Waals surface area (Å²) in [6.45, 7) is 2.03. The van der Waals surface area contributed by atoms with Gasteiger partial charge in [0.2, 0.25) is 5.91 Å². The van der Waals surface area contributed by atoms with Crippen molar-refractivity contribution in [3.8, 4) is 11.5 Å². The first-order valence-electron chi connectivity index (χ1n) is 9.40. The monoisotopic (exact) mass is 425 g/mol. The van der Waals surface area contributed by atoms with E-state index in [1.807, 2.05) is 18.2 Å². The lowest BCUT2D eigenvalue weighted by atomic mass is 9.86. The van der Waals surface area contributed by atoms with Crippen molar-refractivity contribution < 1.29 is 14.3 Å². The number of H-pyrrole nitrogens is 1. The van der Waals surface area contributed by atoms with Crippen LogP contribution in [0, 0.1) is 6.92 Å². The van der Waals surface area contributed by atoms with Crippen LogP contribution >= 0.6 is 11.6 Å². The van der Waals surface area contributed by atoms with Crippen LogP contribution in [0.5, 0.6) is 11.5 Å². The van der Waals surface area contributed by atoms with Crippen LogP contribution < -0.4 is 20.3 Å². The summed E-state index contributed by atoms with van der Waals surface area (Å²) in [5, 5.41) is 3.35. The van der Waals surface area contributed by atoms with Gasteiger partial charge in [0, 0.05) is 17.4 Å². The van der Waals surface area contributed by atoms with E-state index < -0.39 is 5.92 Å². The largest absolute Gasteiger partial charge is 0.493 e. The third-order valence-corrected chi connectivity index (χ3v) is 5.22. The van der Waals surface area contributed by atoms with Crippen LogP contribution in [0.2, 0.25) is 5.02 Å². The van der Waals surface area contributed by atoms with Gasteiger partial charge in [0.05, 0.1) is 12.7 Å². The summed E-state index contributed by atoms with van der Waals surface area (Å²) in [6, 6.07) is 12.8. The van der Waals surface area contributed by atoms with Crippen LogP contribution in [0.3, 0.4) is 0 Å². The molecule has 7 nitrogen and oxygen atoms in total. The molecule has 2 aromatic carbocycles. The Morgan fingerprint density at radius 3 is 2.63 bits per heavy atom. The van der Waals surface area contributed by atoms with Gasteiger partial charge >= 0.3 is 0 Å². The second kappa shape index (κ2) is 8.20. The van der Waals surface area contributed by atoms with Crippen molar-refractivity contribution in [2.45, 2.75) is 25.9 Å². The van der Waals surface area contributed by atoms with Crippen molar-refractivity contribution in [2.24, 2.45) is 0 Å². The van der Waals surface area contributed by atoms with Gasteiger partial charge in [0.25, 0.3) is 5.56 Å². The number of fused-ring (bicyclic) bond motifs is 1. The van der Waals surface area contributed by atoms with E-state index in [-0.39, 0.29) is 17.9 Å². The molecule has 0 aliphatic carbocycles. The number of methoxy groups -OCH3 is 1. The fourth-order valence-electron chi connectivity index (χ4n) is 3.53. The van der Waals surface area contributed by atoms with Gasteiger partial charge in [-0.3, -0.25) is 9.59 Å². The van der Waals surface area contributed by atoms with Crippen molar-refractivity contribution in [3.05, 3.63) is 80.4 Å². The molecular formula is C22H20ClN3O4. The summed E-state index contributed by atoms with van der Waals surface area (Å²) in [5.41, 5.74) is 1.93. The topological polar surface area (TPSA) is 93.3 Å². The molecule has 0 saturated heterocycles. The van der Waals surface area contributed by atoms with Gasteiger partial charge in [0.1, 0.15) is 18.2 Å². The van der Waals surface area contributed by atoms with E-state index in [0.29, 0.717) is 40.3 Å². The number of anilines is 1. The van der Waals surface area contributed by atoms with Crippen molar-refractivity contribution in [2.75, 3.05) is 12.4 Å². The number of nitrogens with one attached hydrogen (secondary N) is 2. The fraction of sp³-hybridized carbons (Fsp3) is 0.227. The second-order valence-corrected chi connectivity index (χ2v) is 7.48. The Bertz CT molecular complexity index is 1160. The van der Waals surface area contributed by atoms with Crippen molar-refractivity contribution in [1.82, 2.24) is 9.97 Å². The standard InChI is InChI=1S/C22H20ClN3O4/c1-12-24-21-20(22(28)25-12)16(10-19(27)26-21)14-5-8-17(18(9-14)29-2)30-11-13-3-6-15(23)7-4-13/h3-9,16H,10-11H2,1-2H3,(H2,24,25,26,27,28)/t16-/m1/s1. The highest BCUT2D eigenvalue weighted by Gasteiger charge is 2.31. The van der Waals surface area contributed by atoms with Gasteiger partial charge < -0.3 is 19.8 Å². The van der Waals surface area contributed by atoms with E-state index >= 15 is 0 Å². The maximum absolute atomic E-state index is 12.6. The first-order chi connectivity index (χ1) is 14.4. The number of nitrogens with zero attached hydrogens (tertiary/aromatic N) is 1. The molecular weight excluding hydrogens is 406 g/mol. The Morgan fingerprint density at radius 2 is 1.90 bits per heavy atom. The molecule has 0 bridgehead atoms. The van der Waals surface area contributed by atoms with Gasteiger partial charge in [-0.2, -0.15) is 0 Å². The number of aryl methyl sites for hydroxylation is 1. The molecule has 3 aromatic rings. The minimum absolute atomic E-state index is 0.148. The smallest absolute Gasteiger partial charge is 0.256 e. The molecule has 8 heteroatoms. The number of hydrogen-bond acceptors (Lipinski definition) is 5. The van der Waals surface area contributed by atoms with E-state index in [1.165, 1.54) is 0 Å². The molecule has 1 amide bonds. The first-order valence-corrected chi connectivity index (χ1v) is 9.78. The highest BCUT2D eigenvalue weighted by atomic mass is 35.5. The Labute approximate surface area is 178 Å². The molecule has 0 fully saturated rings. The zero-order valence-corrected chi connectivity index (χ0v) is 17.2. The molecule has 0 saturated carbocycles. The van der Waals surface area contributed by atoms with Gasteiger partial charge in [-0.1, -0.05) is 29.8 Å². The average Bonchev–Trinajstić information content (AvgIpc) is 2.72. The van der Waals surface area contributed by atoms with E-state index in [2.05, 4.69) is 15.3 Å². The van der Waals surface area contributed by atoms with Crippen LogP contribution in [-0.4, -0.2) is 23.0 Å². The second-order valence-electron chi connectivity index (χ2n) is 7.04. The Kier molecular flexibility index (Phi) is 5.46. The molecule has 1 aromatic heterocycles. The number of ether oxygens (including phenoxy) is 2. The van der Waals surface area contributed by atoms with Crippen LogP contribution in [-0.2, 0) is 11.4 Å². The average molecular weight is 426 g/mol. The lowest BCUT2D eigenvalue weighted by Crippen LogP contribution is -2.31. The lowest BCUT2D eigenvalue weighted by Gasteiger charge is -2.25. The predicted octanol–water partition coefficient (Wildman–Crippen LogP) is 3.79. The minimum Gasteiger partial charge on any atom is -0.493 e. The Hall–Kier alpha value is -3.32. The maximum atomic E-state index is 12.6. The van der Waals surface area contributed by atoms with E-state index in [4.69, 9.17) is 21.1 Å². The molecule has 30 heavy (non-hydrogen) atoms. The van der Waals surface area contributed by atoms with Crippen LogP contribution in [0.25, 0.3) is 0 Å². The summed E-state index contributed by atoms with van der Waals surface area (Å²) in [4.78, 5) is 31.8. The number of carbonyl (C=O) groups excluding carboxylic acids is 1. The van der Waals surface area contributed by atoms with Crippen LogP contribution in [0.4, 0.5) is 5.82 Å². The molecule has 0 unspecified atom stereocenters. The van der Waals surface area contributed by atoms with Gasteiger partial charge in [-0.25, -0.2) is 4.98 Å². The number of halogens is 1. The zero-order valence-electron chi connectivity index (χ0n) is 16.5. The number of rotatable bonds is 5. The summed E-state index contributed by atoms with van der Waals surface area (Å²) in [5.74, 6) is 1.22. The minimum atomic E-state index is -0.426. The fourth-order valence-corrected chi connectivity index (χ4v) is 3.66. The highest BCUT2D eigenvalue weighted by Crippen LogP contribution is 2.38. The molecule has 0 radical (unpaired) electrons. The molecule has 2 heterocycles. The molecule has 1 atom stereocenters. The molecule has 2 N–H and O–H groups in total. The van der Waals surface area contributed by atoms with Gasteiger partial charge in [-0.15, -0.1) is 0 Å². The number of amides is 1. The maximum Gasteiger partial charge on any atom is 0.256 e. The normalized spacial score (nSPS) is 15.3. The van der Waals surface area contributed by atoms with Crippen LogP contribution in [0.15, 0.2) is 47.3 Å². The molecule has 0 spiro atoms. The summed E-state index contributed by atoms with van der Waals surface area (Å²) in [6.07, 6.45) is 0.148. The summed E-state index contributed by atoms with van der Waals surface area (Å²) < 4.78 is 11.4. The number of benzene rings is 2. The Balaban J connectivity index is 1.64. The molecule has 4 rings (SSSR count). The van der Waals surface area contributed by atoms with E-state index in [0.717, 1.165) is 11.1 Å². The third-order valence-electron chi connectivity index (χ3n) is 4.97. The first kappa shape index (κ1) is 20.0. The zero-order chi connectivity index (χ0) is 21.3. The van der Waals surface area contributed by atoms with Crippen molar-refractivity contribution >= 4 is 23.3 Å². The number of aromatic amines is 1. The predicted molar refractivity (Wildman–Crippen MR) is 113 cm³/mol. The highest BCUT2D eigenvalue weighted by molar-refractivity contribution is 6.30. The van der Waals surface area contributed by atoms with Gasteiger partial charge in [-0.05, 0) is 42.3 Å². The summed E-state index contributed by atoms with van der Waals surface area (Å²) in [7, 11) is 1.55. The molecule has 154 valence electrons. The molecule has 1 aliphatic rings. The molecule has 1 aliphatic heterocycles. The van der Waals surface area contributed by atoms with Gasteiger partial charge in [0.15, 0.2) is 11.5 Å². The van der Waals surface area contributed by atoms with E-state index in [1.54, 1.807) is 38.3 Å². The van der Waals surface area contributed by atoms with E-state index in [9.17, 15) is 9.59 Å².